The van der Waals surface area contributed by atoms with Crippen LogP contribution in [-0.2, 0) is 27.7 Å². The van der Waals surface area contributed by atoms with E-state index in [1.54, 1.807) is 0 Å². The van der Waals surface area contributed by atoms with E-state index >= 15 is 0 Å². The number of rotatable bonds is 8. The van der Waals surface area contributed by atoms with Crippen LogP contribution in [0, 0.1) is 0 Å². The third kappa shape index (κ3) is 5.64. The highest BCUT2D eigenvalue weighted by molar-refractivity contribution is 7.48. The van der Waals surface area contributed by atoms with E-state index in [1.165, 1.54) is 21.1 Å². The number of benzene rings is 1. The van der Waals surface area contributed by atoms with E-state index in [1.807, 2.05) is 37.3 Å². The van der Waals surface area contributed by atoms with Crippen molar-refractivity contribution in [2.75, 3.05) is 14.2 Å². The summed E-state index contributed by atoms with van der Waals surface area (Å²) in [4.78, 5) is 11.9. The third-order valence-electron chi connectivity index (χ3n) is 2.82. The number of allylic oxidation sites excluding steroid dienone is 1. The Morgan fingerprint density at radius 2 is 1.82 bits per heavy atom. The molecule has 1 aromatic carbocycles. The van der Waals surface area contributed by atoms with Crippen molar-refractivity contribution in [3.8, 4) is 0 Å². The summed E-state index contributed by atoms with van der Waals surface area (Å²) in [5.74, 6) is -0.507. The van der Waals surface area contributed by atoms with Crippen molar-refractivity contribution in [1.29, 1.82) is 0 Å². The fraction of sp³-hybridized carbons (Fsp3) is 0.400. The first-order chi connectivity index (χ1) is 10.4. The quantitative estimate of drug-likeness (QED) is 0.311. The lowest BCUT2D eigenvalue weighted by atomic mass is 10.1. The van der Waals surface area contributed by atoms with Crippen molar-refractivity contribution in [1.82, 2.24) is 0 Å². The molecule has 0 aliphatic heterocycles. The highest BCUT2D eigenvalue weighted by Crippen LogP contribution is 2.49. The first-order valence-corrected chi connectivity index (χ1v) is 8.25. The molecule has 122 valence electrons. The standard InChI is InChI=1S/C15H21O6P/c1-5-14(13-9-7-6-8-10-13)20-15(16)11-12(2)21-22(17,18-3)19-4/h6-11,14H,5H2,1-4H3/b12-11-. The first-order valence-electron chi connectivity index (χ1n) is 6.79. The van der Waals surface area contributed by atoms with Crippen LogP contribution in [0.5, 0.6) is 0 Å². The van der Waals surface area contributed by atoms with Crippen LogP contribution in [0.25, 0.3) is 0 Å². The Labute approximate surface area is 130 Å². The summed E-state index contributed by atoms with van der Waals surface area (Å²) in [7, 11) is -1.28. The summed E-state index contributed by atoms with van der Waals surface area (Å²) < 4.78 is 31.4. The Morgan fingerprint density at radius 3 is 2.32 bits per heavy atom. The molecule has 0 saturated heterocycles. The zero-order chi connectivity index (χ0) is 16.6. The molecule has 1 aromatic rings. The largest absolute Gasteiger partial charge is 0.529 e. The van der Waals surface area contributed by atoms with Gasteiger partial charge in [-0.15, -0.1) is 0 Å². The molecule has 7 heteroatoms. The first kappa shape index (κ1) is 18.4. The van der Waals surface area contributed by atoms with Gasteiger partial charge in [-0.05, 0) is 18.9 Å². The molecular formula is C15H21O6P. The lowest BCUT2D eigenvalue weighted by molar-refractivity contribution is -0.143. The van der Waals surface area contributed by atoms with Gasteiger partial charge in [-0.3, -0.25) is 9.05 Å². The Bertz CT molecular complexity index is 546. The molecule has 22 heavy (non-hydrogen) atoms. The summed E-state index contributed by atoms with van der Waals surface area (Å²) in [5, 5.41) is 0. The van der Waals surface area contributed by atoms with Gasteiger partial charge in [0.1, 0.15) is 11.9 Å². The molecule has 0 aromatic heterocycles. The Morgan fingerprint density at radius 1 is 1.23 bits per heavy atom. The molecule has 1 unspecified atom stereocenters. The van der Waals surface area contributed by atoms with E-state index in [2.05, 4.69) is 9.05 Å². The van der Waals surface area contributed by atoms with Gasteiger partial charge in [0.05, 0.1) is 6.08 Å². The average molecular weight is 328 g/mol. The van der Waals surface area contributed by atoms with Crippen molar-refractivity contribution in [2.45, 2.75) is 26.4 Å². The van der Waals surface area contributed by atoms with Gasteiger partial charge in [0, 0.05) is 14.2 Å². The van der Waals surface area contributed by atoms with E-state index in [0.717, 1.165) is 11.6 Å². The van der Waals surface area contributed by atoms with Gasteiger partial charge < -0.3 is 9.26 Å². The average Bonchev–Trinajstić information content (AvgIpc) is 2.53. The van der Waals surface area contributed by atoms with Gasteiger partial charge in [-0.1, -0.05) is 37.3 Å². The van der Waals surface area contributed by atoms with Gasteiger partial charge in [-0.2, -0.15) is 0 Å². The molecule has 0 N–H and O–H groups in total. The second-order valence-electron chi connectivity index (χ2n) is 4.40. The molecule has 0 heterocycles. The van der Waals surface area contributed by atoms with Crippen LogP contribution < -0.4 is 0 Å². The van der Waals surface area contributed by atoms with Gasteiger partial charge in [0.25, 0.3) is 0 Å². The molecule has 0 saturated carbocycles. The van der Waals surface area contributed by atoms with Crippen LogP contribution >= 0.6 is 7.82 Å². The van der Waals surface area contributed by atoms with Crippen LogP contribution in [0.1, 0.15) is 31.9 Å². The van der Waals surface area contributed by atoms with Crippen molar-refractivity contribution in [2.24, 2.45) is 0 Å². The van der Waals surface area contributed by atoms with E-state index in [-0.39, 0.29) is 11.9 Å². The number of hydrogen-bond acceptors (Lipinski definition) is 6. The Balaban J connectivity index is 2.71. The number of carbonyl (C=O) groups is 1. The maximum Gasteiger partial charge on any atom is 0.529 e. The molecule has 0 fully saturated rings. The van der Waals surface area contributed by atoms with Crippen LogP contribution in [0.15, 0.2) is 42.2 Å². The molecule has 0 aliphatic rings. The monoisotopic (exact) mass is 328 g/mol. The molecule has 0 amide bonds. The van der Waals surface area contributed by atoms with Crippen LogP contribution in [0.3, 0.4) is 0 Å². The van der Waals surface area contributed by atoms with Crippen molar-refractivity contribution in [3.05, 3.63) is 47.7 Å². The van der Waals surface area contributed by atoms with Crippen LogP contribution in [0.4, 0.5) is 0 Å². The topological polar surface area (TPSA) is 71.1 Å². The van der Waals surface area contributed by atoms with E-state index in [9.17, 15) is 9.36 Å². The van der Waals surface area contributed by atoms with Crippen LogP contribution in [0.2, 0.25) is 0 Å². The number of hydrogen-bond donors (Lipinski definition) is 0. The molecule has 0 aliphatic carbocycles. The Hall–Kier alpha value is -1.62. The minimum Gasteiger partial charge on any atom is -0.454 e. The number of phosphoric ester groups is 1. The zero-order valence-electron chi connectivity index (χ0n) is 13.1. The SMILES string of the molecule is CCC(OC(=O)/C=C(/C)OP(=O)(OC)OC)c1ccccc1. The Kier molecular flexibility index (Phi) is 7.32. The normalized spacial score (nSPS) is 13.5. The molecular weight excluding hydrogens is 307 g/mol. The number of carbonyl (C=O) groups excluding carboxylic acids is 1. The number of phosphoric acid groups is 1. The highest BCUT2D eigenvalue weighted by Gasteiger charge is 2.25. The van der Waals surface area contributed by atoms with Gasteiger partial charge in [0.2, 0.25) is 0 Å². The predicted molar refractivity (Wildman–Crippen MR) is 82.0 cm³/mol. The molecule has 0 spiro atoms. The lowest BCUT2D eigenvalue weighted by Crippen LogP contribution is -2.09. The lowest BCUT2D eigenvalue weighted by Gasteiger charge is -2.16. The molecule has 1 atom stereocenters. The van der Waals surface area contributed by atoms with Crippen molar-refractivity contribution < 1.29 is 27.7 Å². The summed E-state index contributed by atoms with van der Waals surface area (Å²) >= 11 is 0. The molecule has 0 radical (unpaired) electrons. The second kappa shape index (κ2) is 8.73. The minimum absolute atomic E-state index is 0.0833. The minimum atomic E-state index is -3.67. The van der Waals surface area contributed by atoms with E-state index in [4.69, 9.17) is 9.26 Å². The maximum absolute atomic E-state index is 11.9. The van der Waals surface area contributed by atoms with Crippen LogP contribution in [-0.4, -0.2) is 20.2 Å². The summed E-state index contributed by atoms with van der Waals surface area (Å²) in [6.07, 6.45) is 1.39. The number of esters is 1. The molecule has 6 nitrogen and oxygen atoms in total. The predicted octanol–water partition coefficient (Wildman–Crippen LogP) is 4.00. The van der Waals surface area contributed by atoms with Crippen molar-refractivity contribution >= 4 is 13.8 Å². The van der Waals surface area contributed by atoms with E-state index < -0.39 is 13.8 Å². The fourth-order valence-electron chi connectivity index (χ4n) is 1.75. The van der Waals surface area contributed by atoms with Gasteiger partial charge in [0.15, 0.2) is 0 Å². The molecule has 1 rings (SSSR count). The van der Waals surface area contributed by atoms with Gasteiger partial charge >= 0.3 is 13.8 Å². The summed E-state index contributed by atoms with van der Waals surface area (Å²) in [5.41, 5.74) is 0.907. The zero-order valence-corrected chi connectivity index (χ0v) is 14.0. The van der Waals surface area contributed by atoms with E-state index in [0.29, 0.717) is 6.42 Å². The maximum atomic E-state index is 11.9. The summed E-state index contributed by atoms with van der Waals surface area (Å²) in [6, 6.07) is 9.42. The smallest absolute Gasteiger partial charge is 0.454 e. The second-order valence-corrected chi connectivity index (χ2v) is 6.21. The summed E-state index contributed by atoms with van der Waals surface area (Å²) in [6.45, 7) is 3.39. The molecule has 0 bridgehead atoms. The number of ether oxygens (including phenoxy) is 1. The van der Waals surface area contributed by atoms with Crippen molar-refractivity contribution in [3.63, 3.8) is 0 Å². The fourth-order valence-corrected chi connectivity index (χ4v) is 2.45. The highest BCUT2D eigenvalue weighted by atomic mass is 31.2. The van der Waals surface area contributed by atoms with Gasteiger partial charge in [-0.25, -0.2) is 9.36 Å². The third-order valence-corrected chi connectivity index (χ3v) is 4.23.